The highest BCUT2D eigenvalue weighted by atomic mass is 16.5. The first-order chi connectivity index (χ1) is 7.65. The lowest BCUT2D eigenvalue weighted by molar-refractivity contribution is 0.406. The van der Waals surface area contributed by atoms with Crippen molar-refractivity contribution < 1.29 is 4.74 Å². The number of hydrogen-bond acceptors (Lipinski definition) is 3. The number of benzene rings is 1. The number of hydrogen-bond donors (Lipinski definition) is 1. The second kappa shape index (κ2) is 3.81. The molecule has 1 aromatic carbocycles. The molecular formula is C12H11NO3. The molecule has 4 nitrogen and oxygen atoms in total. The molecule has 0 aliphatic rings. The summed E-state index contributed by atoms with van der Waals surface area (Å²) >= 11 is 0. The van der Waals surface area contributed by atoms with Crippen molar-refractivity contribution in [2.45, 2.75) is 6.92 Å². The SMILES string of the molecule is COc1c(C)c(=O)c2ccccc2[nH]c1=O. The van der Waals surface area contributed by atoms with E-state index in [1.165, 1.54) is 7.11 Å². The first-order valence-electron chi connectivity index (χ1n) is 4.85. The summed E-state index contributed by atoms with van der Waals surface area (Å²) in [5.41, 5.74) is 0.262. The Labute approximate surface area is 91.5 Å². The van der Waals surface area contributed by atoms with Crippen LogP contribution < -0.4 is 15.7 Å². The van der Waals surface area contributed by atoms with Crippen molar-refractivity contribution >= 4 is 10.9 Å². The number of ether oxygens (including phenoxy) is 1. The van der Waals surface area contributed by atoms with Gasteiger partial charge in [-0.05, 0) is 19.1 Å². The Kier molecular flexibility index (Phi) is 2.48. The third-order valence-electron chi connectivity index (χ3n) is 2.51. The van der Waals surface area contributed by atoms with E-state index in [0.29, 0.717) is 16.5 Å². The maximum atomic E-state index is 12.0. The number of aromatic nitrogens is 1. The van der Waals surface area contributed by atoms with E-state index in [0.717, 1.165) is 0 Å². The highest BCUT2D eigenvalue weighted by molar-refractivity contribution is 5.78. The fraction of sp³-hybridized carbons (Fsp3) is 0.167. The number of para-hydroxylation sites is 1. The van der Waals surface area contributed by atoms with Gasteiger partial charge in [-0.25, -0.2) is 0 Å². The van der Waals surface area contributed by atoms with Gasteiger partial charge in [0.2, 0.25) is 0 Å². The van der Waals surface area contributed by atoms with Gasteiger partial charge in [0.1, 0.15) is 0 Å². The molecule has 0 aliphatic carbocycles. The normalized spacial score (nSPS) is 10.4. The summed E-state index contributed by atoms with van der Waals surface area (Å²) in [6.45, 7) is 1.59. The summed E-state index contributed by atoms with van der Waals surface area (Å²) in [7, 11) is 1.38. The molecule has 0 amide bonds. The zero-order valence-corrected chi connectivity index (χ0v) is 9.03. The van der Waals surface area contributed by atoms with Crippen molar-refractivity contribution in [3.8, 4) is 5.75 Å². The van der Waals surface area contributed by atoms with Crippen LogP contribution in [0, 0.1) is 6.92 Å². The zero-order chi connectivity index (χ0) is 11.7. The number of fused-ring (bicyclic) bond motifs is 1. The molecule has 0 spiro atoms. The molecule has 0 unspecified atom stereocenters. The molecule has 4 heteroatoms. The van der Waals surface area contributed by atoms with E-state index in [1.807, 2.05) is 0 Å². The molecule has 0 bridgehead atoms. The van der Waals surface area contributed by atoms with Gasteiger partial charge in [0, 0.05) is 10.9 Å². The monoisotopic (exact) mass is 217 g/mol. The molecule has 0 saturated heterocycles. The highest BCUT2D eigenvalue weighted by Gasteiger charge is 2.08. The molecule has 1 N–H and O–H groups in total. The quantitative estimate of drug-likeness (QED) is 0.781. The predicted octanol–water partition coefficient (Wildman–Crippen LogP) is 1.21. The largest absolute Gasteiger partial charge is 0.491 e. The van der Waals surface area contributed by atoms with Crippen LogP contribution in [0.4, 0.5) is 0 Å². The van der Waals surface area contributed by atoms with Crippen LogP contribution in [0.2, 0.25) is 0 Å². The van der Waals surface area contributed by atoms with Crippen molar-refractivity contribution in [2.24, 2.45) is 0 Å². The maximum Gasteiger partial charge on any atom is 0.291 e. The van der Waals surface area contributed by atoms with Gasteiger partial charge in [0.15, 0.2) is 11.2 Å². The van der Waals surface area contributed by atoms with Gasteiger partial charge in [0.05, 0.1) is 12.6 Å². The molecule has 82 valence electrons. The second-order valence-electron chi connectivity index (χ2n) is 3.49. The molecule has 1 aromatic heterocycles. The molecule has 1 heterocycles. The van der Waals surface area contributed by atoms with Crippen LogP contribution in [-0.4, -0.2) is 12.1 Å². The number of aromatic amines is 1. The summed E-state index contributed by atoms with van der Waals surface area (Å²) in [4.78, 5) is 26.4. The van der Waals surface area contributed by atoms with Crippen molar-refractivity contribution in [1.29, 1.82) is 0 Å². The zero-order valence-electron chi connectivity index (χ0n) is 9.03. The first kappa shape index (κ1) is 10.4. The molecule has 0 fully saturated rings. The van der Waals surface area contributed by atoms with Crippen LogP contribution >= 0.6 is 0 Å². The lowest BCUT2D eigenvalue weighted by atomic mass is 10.2. The minimum atomic E-state index is -0.390. The number of methoxy groups -OCH3 is 1. The molecule has 2 rings (SSSR count). The topological polar surface area (TPSA) is 59.2 Å². The Morgan fingerprint density at radius 3 is 2.56 bits per heavy atom. The second-order valence-corrected chi connectivity index (χ2v) is 3.49. The molecular weight excluding hydrogens is 206 g/mol. The van der Waals surface area contributed by atoms with Crippen molar-refractivity contribution in [1.82, 2.24) is 4.98 Å². The van der Waals surface area contributed by atoms with Crippen molar-refractivity contribution in [2.75, 3.05) is 7.11 Å². The fourth-order valence-corrected chi connectivity index (χ4v) is 1.69. The summed E-state index contributed by atoms with van der Waals surface area (Å²) in [6.07, 6.45) is 0. The minimum absolute atomic E-state index is 0.0706. The molecule has 0 radical (unpaired) electrons. The van der Waals surface area contributed by atoms with Crippen LogP contribution in [-0.2, 0) is 0 Å². The van der Waals surface area contributed by atoms with Gasteiger partial charge in [0.25, 0.3) is 5.56 Å². The van der Waals surface area contributed by atoms with E-state index in [-0.39, 0.29) is 11.2 Å². The van der Waals surface area contributed by atoms with Gasteiger partial charge in [-0.1, -0.05) is 12.1 Å². The predicted molar refractivity (Wildman–Crippen MR) is 62.1 cm³/mol. The molecule has 0 saturated carbocycles. The van der Waals surface area contributed by atoms with Crippen LogP contribution in [0.15, 0.2) is 33.9 Å². The van der Waals surface area contributed by atoms with E-state index in [1.54, 1.807) is 31.2 Å². The van der Waals surface area contributed by atoms with E-state index < -0.39 is 5.56 Å². The average Bonchev–Trinajstić information content (AvgIpc) is 2.37. The van der Waals surface area contributed by atoms with E-state index in [9.17, 15) is 9.59 Å². The van der Waals surface area contributed by atoms with Gasteiger partial charge in [-0.3, -0.25) is 9.59 Å². The highest BCUT2D eigenvalue weighted by Crippen LogP contribution is 2.10. The Morgan fingerprint density at radius 2 is 1.88 bits per heavy atom. The Bertz CT molecular complexity index is 658. The molecule has 0 aliphatic heterocycles. The fourth-order valence-electron chi connectivity index (χ4n) is 1.69. The molecule has 2 aromatic rings. The Morgan fingerprint density at radius 1 is 1.19 bits per heavy atom. The number of nitrogens with one attached hydrogen (secondary N) is 1. The van der Waals surface area contributed by atoms with Gasteiger partial charge in [-0.2, -0.15) is 0 Å². The third kappa shape index (κ3) is 1.48. The van der Waals surface area contributed by atoms with Crippen LogP contribution in [0.3, 0.4) is 0 Å². The Balaban J connectivity index is 3.12. The Hall–Kier alpha value is -2.10. The summed E-state index contributed by atoms with van der Waals surface area (Å²) in [5, 5.41) is 0.486. The molecule has 16 heavy (non-hydrogen) atoms. The lowest BCUT2D eigenvalue weighted by Crippen LogP contribution is -2.09. The van der Waals surface area contributed by atoms with Gasteiger partial charge < -0.3 is 9.72 Å². The smallest absolute Gasteiger partial charge is 0.291 e. The van der Waals surface area contributed by atoms with Crippen molar-refractivity contribution in [3.05, 3.63) is 50.4 Å². The number of H-pyrrole nitrogens is 1. The minimum Gasteiger partial charge on any atom is -0.491 e. The summed E-state index contributed by atoms with van der Waals surface area (Å²) in [6, 6.07) is 6.89. The standard InChI is InChI=1S/C12H11NO3/c1-7-10(14)8-5-3-4-6-9(8)13-12(15)11(7)16-2/h3-6H,1-2H3,(H,13,15). The number of rotatable bonds is 1. The third-order valence-corrected chi connectivity index (χ3v) is 2.51. The molecule has 0 atom stereocenters. The van der Waals surface area contributed by atoms with Crippen LogP contribution in [0.5, 0.6) is 5.75 Å². The van der Waals surface area contributed by atoms with Crippen LogP contribution in [0.1, 0.15) is 5.56 Å². The summed E-state index contributed by atoms with van der Waals surface area (Å²) < 4.78 is 4.94. The van der Waals surface area contributed by atoms with Gasteiger partial charge in [-0.15, -0.1) is 0 Å². The maximum absolute atomic E-state index is 12.0. The van der Waals surface area contributed by atoms with Crippen LogP contribution in [0.25, 0.3) is 10.9 Å². The summed E-state index contributed by atoms with van der Waals surface area (Å²) in [5.74, 6) is 0.0706. The average molecular weight is 217 g/mol. The first-order valence-corrected chi connectivity index (χ1v) is 4.85. The van der Waals surface area contributed by atoms with E-state index in [4.69, 9.17) is 4.74 Å². The lowest BCUT2D eigenvalue weighted by Gasteiger charge is -1.95. The van der Waals surface area contributed by atoms with E-state index >= 15 is 0 Å². The van der Waals surface area contributed by atoms with Crippen molar-refractivity contribution in [3.63, 3.8) is 0 Å². The van der Waals surface area contributed by atoms with E-state index in [2.05, 4.69) is 4.98 Å². The van der Waals surface area contributed by atoms with Gasteiger partial charge >= 0.3 is 0 Å².